The number of aliphatic imine (C=N–C) groups is 1. The van der Waals surface area contributed by atoms with Crippen LogP contribution in [0, 0.1) is 0 Å². The Morgan fingerprint density at radius 3 is 2.43 bits per heavy atom. The zero-order valence-electron chi connectivity index (χ0n) is 22.0. The number of anilines is 2. The predicted molar refractivity (Wildman–Crippen MR) is 153 cm³/mol. The third-order valence-electron chi connectivity index (χ3n) is 6.54. The molecule has 3 amide bonds. The lowest BCUT2D eigenvalue weighted by molar-refractivity contribution is -0.274. The van der Waals surface area contributed by atoms with Crippen molar-refractivity contribution in [3.8, 4) is 11.4 Å². The third kappa shape index (κ3) is 5.77. The van der Waals surface area contributed by atoms with Crippen LogP contribution in [0.15, 0.2) is 90.2 Å². The molecular weight excluding hydrogens is 612 g/mol. The summed E-state index contributed by atoms with van der Waals surface area (Å²) >= 11 is 0.850. The Labute approximate surface area is 247 Å². The summed E-state index contributed by atoms with van der Waals surface area (Å²) in [5, 5.41) is 3.80. The molecule has 0 bridgehead atoms. The molecular formula is C29H17F6N5O3S. The molecule has 44 heavy (non-hydrogen) atoms. The van der Waals surface area contributed by atoms with Gasteiger partial charge in [0.25, 0.3) is 0 Å². The summed E-state index contributed by atoms with van der Waals surface area (Å²) in [4.78, 5) is 34.4. The predicted octanol–water partition coefficient (Wildman–Crippen LogP) is 7.76. The van der Waals surface area contributed by atoms with Gasteiger partial charge in [0, 0.05) is 16.8 Å². The van der Waals surface area contributed by atoms with E-state index in [1.807, 2.05) is 0 Å². The molecule has 4 aromatic carbocycles. The zero-order valence-corrected chi connectivity index (χ0v) is 22.8. The van der Waals surface area contributed by atoms with Crippen LogP contribution in [0.4, 0.5) is 42.5 Å². The fraction of sp³-hybridized carbons (Fsp3) is 0.103. The number of thioether (sulfide) groups is 1. The molecule has 0 atom stereocenters. The van der Waals surface area contributed by atoms with Gasteiger partial charge in [-0.2, -0.15) is 18.2 Å². The van der Waals surface area contributed by atoms with Gasteiger partial charge in [-0.25, -0.2) is 9.78 Å². The summed E-state index contributed by atoms with van der Waals surface area (Å²) in [5.41, 5.74) is 0.714. The largest absolute Gasteiger partial charge is 0.573 e. The number of hydrogen-bond acceptors (Lipinski definition) is 5. The van der Waals surface area contributed by atoms with Crippen molar-refractivity contribution >= 4 is 62.0 Å². The van der Waals surface area contributed by atoms with Gasteiger partial charge in [-0.05, 0) is 60.0 Å². The molecule has 1 saturated heterocycles. The van der Waals surface area contributed by atoms with Crippen molar-refractivity contribution in [2.24, 2.45) is 4.99 Å². The highest BCUT2D eigenvalue weighted by Gasteiger charge is 2.39. The Bertz CT molecular complexity index is 1950. The molecule has 0 spiro atoms. The number of alkyl halides is 6. The molecule has 1 aliphatic rings. The summed E-state index contributed by atoms with van der Waals surface area (Å²) < 4.78 is 83.8. The summed E-state index contributed by atoms with van der Waals surface area (Å²) in [6.45, 7) is 0. The first kappa shape index (κ1) is 29.0. The number of amides is 3. The summed E-state index contributed by atoms with van der Waals surface area (Å²) in [7, 11) is 0. The number of rotatable bonds is 4. The van der Waals surface area contributed by atoms with Crippen LogP contribution in [-0.2, 0) is 11.0 Å². The second-order valence-corrected chi connectivity index (χ2v) is 10.3. The molecule has 8 nitrogen and oxygen atoms in total. The molecule has 2 heterocycles. The van der Waals surface area contributed by atoms with Crippen molar-refractivity contribution in [2.75, 3.05) is 16.0 Å². The Kier molecular flexibility index (Phi) is 7.19. The number of ether oxygens (including phenoxy) is 1. The average Bonchev–Trinajstić information content (AvgIpc) is 3.55. The van der Waals surface area contributed by atoms with Crippen LogP contribution in [0.3, 0.4) is 0 Å². The van der Waals surface area contributed by atoms with Gasteiger partial charge in [0.1, 0.15) is 12.1 Å². The van der Waals surface area contributed by atoms with Crippen molar-refractivity contribution in [2.45, 2.75) is 12.5 Å². The van der Waals surface area contributed by atoms with Gasteiger partial charge in [-0.3, -0.25) is 14.3 Å². The molecule has 1 aromatic heterocycles. The maximum Gasteiger partial charge on any atom is 0.573 e. The number of halogens is 6. The molecule has 0 radical (unpaired) electrons. The van der Waals surface area contributed by atoms with Crippen molar-refractivity contribution in [3.63, 3.8) is 0 Å². The number of carbonyl (C=O) groups is 2. The number of urea groups is 1. The minimum Gasteiger partial charge on any atom is -0.406 e. The molecule has 0 aliphatic carbocycles. The molecule has 0 unspecified atom stereocenters. The minimum atomic E-state index is -4.80. The van der Waals surface area contributed by atoms with Crippen molar-refractivity contribution in [1.29, 1.82) is 0 Å². The minimum absolute atomic E-state index is 0.178. The smallest absolute Gasteiger partial charge is 0.406 e. The summed E-state index contributed by atoms with van der Waals surface area (Å²) in [6.07, 6.45) is -8.00. The molecule has 6 rings (SSSR count). The van der Waals surface area contributed by atoms with Gasteiger partial charge in [0.05, 0.1) is 28.0 Å². The van der Waals surface area contributed by atoms with Crippen molar-refractivity contribution < 1.29 is 40.7 Å². The van der Waals surface area contributed by atoms with Crippen molar-refractivity contribution in [1.82, 2.24) is 9.55 Å². The number of nitrogens with one attached hydrogen (secondary N) is 1. The van der Waals surface area contributed by atoms with E-state index in [1.165, 1.54) is 42.7 Å². The standard InChI is InChI=1S/C29H17F6N5O3S/c30-28(31,32)21-3-1-2-4-22(21)40-24(41)14-44-27(40)38-26(42)37-17-6-11-20-16(13-17)5-12-23-25(20)36-15-39(23)18-7-9-19(10-8-18)43-29(33,34)35/h1-13,15H,14H2,(H,37,42)/b38-27-. The molecule has 15 heteroatoms. The normalized spacial score (nSPS) is 15.0. The highest BCUT2D eigenvalue weighted by molar-refractivity contribution is 8.15. The number of hydrogen-bond donors (Lipinski definition) is 1. The van der Waals surface area contributed by atoms with E-state index in [4.69, 9.17) is 0 Å². The van der Waals surface area contributed by atoms with Gasteiger partial charge in [-0.1, -0.05) is 36.0 Å². The second-order valence-electron chi connectivity index (χ2n) is 9.38. The van der Waals surface area contributed by atoms with Crippen LogP contribution >= 0.6 is 11.8 Å². The van der Waals surface area contributed by atoms with E-state index in [2.05, 4.69) is 20.0 Å². The number of para-hydroxylation sites is 1. The van der Waals surface area contributed by atoms with E-state index >= 15 is 0 Å². The van der Waals surface area contributed by atoms with Gasteiger partial charge in [0.2, 0.25) is 5.91 Å². The van der Waals surface area contributed by atoms with Gasteiger partial charge < -0.3 is 10.1 Å². The van der Waals surface area contributed by atoms with Gasteiger partial charge >= 0.3 is 18.6 Å². The number of fused-ring (bicyclic) bond motifs is 3. The van der Waals surface area contributed by atoms with E-state index in [0.717, 1.165) is 34.2 Å². The monoisotopic (exact) mass is 629 g/mol. The topological polar surface area (TPSA) is 88.8 Å². The molecule has 1 fully saturated rings. The number of imidazole rings is 1. The Morgan fingerprint density at radius 2 is 1.70 bits per heavy atom. The highest BCUT2D eigenvalue weighted by atomic mass is 32.2. The molecule has 1 N–H and O–H groups in total. The van der Waals surface area contributed by atoms with Crippen molar-refractivity contribution in [3.05, 3.63) is 90.8 Å². The number of benzene rings is 4. The zero-order chi connectivity index (χ0) is 31.2. The quantitative estimate of drug-likeness (QED) is 0.205. The fourth-order valence-electron chi connectivity index (χ4n) is 4.73. The van der Waals surface area contributed by atoms with Crippen LogP contribution in [0.1, 0.15) is 5.56 Å². The van der Waals surface area contributed by atoms with Crippen LogP contribution in [0.5, 0.6) is 5.75 Å². The number of amidine groups is 1. The van der Waals surface area contributed by atoms with Gasteiger partial charge in [-0.15, -0.1) is 13.2 Å². The lowest BCUT2D eigenvalue weighted by atomic mass is 10.1. The summed E-state index contributed by atoms with van der Waals surface area (Å²) in [5.74, 6) is -1.17. The maximum absolute atomic E-state index is 13.6. The molecule has 1 aliphatic heterocycles. The first-order valence-electron chi connectivity index (χ1n) is 12.6. The van der Waals surface area contributed by atoms with Crippen LogP contribution in [0.2, 0.25) is 0 Å². The van der Waals surface area contributed by atoms with E-state index in [0.29, 0.717) is 27.8 Å². The second kappa shape index (κ2) is 10.9. The lowest BCUT2D eigenvalue weighted by Gasteiger charge is -2.20. The lowest BCUT2D eigenvalue weighted by Crippen LogP contribution is -2.32. The van der Waals surface area contributed by atoms with E-state index in [-0.39, 0.29) is 16.7 Å². The number of aromatic nitrogens is 2. The fourth-order valence-corrected chi connectivity index (χ4v) is 5.59. The Morgan fingerprint density at radius 1 is 0.955 bits per heavy atom. The average molecular weight is 630 g/mol. The van der Waals surface area contributed by atoms with Crippen LogP contribution < -0.4 is 15.0 Å². The SMILES string of the molecule is O=C(/N=C1\SCC(=O)N1c1ccccc1C(F)(F)F)Nc1ccc2c(ccc3c2ncn3-c2ccc(OC(F)(F)F)cc2)c1. The molecule has 5 aromatic rings. The Hall–Kier alpha value is -5.05. The first-order chi connectivity index (χ1) is 20.9. The summed E-state index contributed by atoms with van der Waals surface area (Å²) in [6, 6.07) is 17.5. The number of carbonyl (C=O) groups excluding carboxylic acids is 2. The van der Waals surface area contributed by atoms with E-state index < -0.39 is 35.7 Å². The first-order valence-corrected chi connectivity index (χ1v) is 13.6. The van der Waals surface area contributed by atoms with Gasteiger partial charge in [0.15, 0.2) is 5.17 Å². The van der Waals surface area contributed by atoms with E-state index in [1.54, 1.807) is 34.9 Å². The Balaban J connectivity index is 1.24. The third-order valence-corrected chi connectivity index (χ3v) is 7.47. The van der Waals surface area contributed by atoms with Crippen LogP contribution in [-0.4, -0.2) is 38.8 Å². The molecule has 224 valence electrons. The maximum atomic E-state index is 13.6. The highest BCUT2D eigenvalue weighted by Crippen LogP contribution is 2.39. The molecule has 0 saturated carbocycles. The van der Waals surface area contributed by atoms with E-state index in [9.17, 15) is 35.9 Å². The number of nitrogens with zero attached hydrogens (tertiary/aromatic N) is 4. The van der Waals surface area contributed by atoms with Crippen LogP contribution in [0.25, 0.3) is 27.5 Å².